The van der Waals surface area contributed by atoms with Crippen LogP contribution in [0.4, 0.5) is 0 Å². The lowest BCUT2D eigenvalue weighted by atomic mass is 10.0. The van der Waals surface area contributed by atoms with E-state index in [1.807, 2.05) is 7.05 Å². The highest BCUT2D eigenvalue weighted by Crippen LogP contribution is 2.19. The molecule has 0 aromatic carbocycles. The van der Waals surface area contributed by atoms with Crippen molar-refractivity contribution in [1.29, 1.82) is 0 Å². The van der Waals surface area contributed by atoms with Gasteiger partial charge in [-0.05, 0) is 33.7 Å². The number of likely N-dealkylation sites (N-methyl/N-ethyl adjacent to an activating group) is 1. The van der Waals surface area contributed by atoms with Gasteiger partial charge >= 0.3 is 0 Å². The third kappa shape index (κ3) is 4.43. The molecule has 14 heavy (non-hydrogen) atoms. The van der Waals surface area contributed by atoms with Crippen molar-refractivity contribution in [2.24, 2.45) is 0 Å². The van der Waals surface area contributed by atoms with Gasteiger partial charge in [-0.25, -0.2) is 0 Å². The summed E-state index contributed by atoms with van der Waals surface area (Å²) in [6, 6.07) is 0.751. The highest BCUT2D eigenvalue weighted by Gasteiger charge is 2.21. The number of hydrogen-bond acceptors (Lipinski definition) is 2. The fourth-order valence-corrected chi connectivity index (χ4v) is 2.47. The van der Waals surface area contributed by atoms with Crippen molar-refractivity contribution in [2.45, 2.75) is 64.0 Å². The van der Waals surface area contributed by atoms with Crippen LogP contribution in [0.25, 0.3) is 0 Å². The zero-order chi connectivity index (χ0) is 10.4. The summed E-state index contributed by atoms with van der Waals surface area (Å²) in [5.41, 5.74) is 0.240. The van der Waals surface area contributed by atoms with Crippen molar-refractivity contribution in [3.8, 4) is 0 Å². The second-order valence-corrected chi connectivity index (χ2v) is 5.25. The molecule has 2 N–H and O–H groups in total. The second kappa shape index (κ2) is 5.72. The van der Waals surface area contributed by atoms with Gasteiger partial charge in [0, 0.05) is 18.1 Å². The van der Waals surface area contributed by atoms with E-state index in [4.69, 9.17) is 0 Å². The first-order valence-corrected chi connectivity index (χ1v) is 6.06. The molecule has 2 nitrogen and oxygen atoms in total. The van der Waals surface area contributed by atoms with Gasteiger partial charge in [0.2, 0.25) is 0 Å². The van der Waals surface area contributed by atoms with E-state index in [1.54, 1.807) is 0 Å². The molecule has 1 aliphatic rings. The minimum absolute atomic E-state index is 0.240. The van der Waals surface area contributed by atoms with Crippen LogP contribution in [0.5, 0.6) is 0 Å². The van der Waals surface area contributed by atoms with E-state index in [1.165, 1.54) is 38.5 Å². The largest absolute Gasteiger partial charge is 0.318 e. The number of nitrogens with one attached hydrogen (secondary N) is 2. The van der Waals surface area contributed by atoms with Gasteiger partial charge in [0.1, 0.15) is 0 Å². The maximum absolute atomic E-state index is 3.77. The third-order valence-electron chi connectivity index (χ3n) is 3.07. The lowest BCUT2D eigenvalue weighted by Crippen LogP contribution is -2.51. The molecular weight excluding hydrogens is 172 g/mol. The van der Waals surface area contributed by atoms with Gasteiger partial charge in [-0.2, -0.15) is 0 Å². The lowest BCUT2D eigenvalue weighted by Gasteiger charge is -2.31. The van der Waals surface area contributed by atoms with E-state index in [2.05, 4.69) is 24.5 Å². The maximum atomic E-state index is 3.77. The first-order valence-electron chi connectivity index (χ1n) is 6.06. The van der Waals surface area contributed by atoms with Crippen molar-refractivity contribution in [2.75, 3.05) is 13.6 Å². The molecule has 2 heteroatoms. The van der Waals surface area contributed by atoms with E-state index >= 15 is 0 Å². The lowest BCUT2D eigenvalue weighted by molar-refractivity contribution is 0.306. The number of rotatable bonds is 4. The Morgan fingerprint density at radius 3 is 2.14 bits per heavy atom. The number of hydrogen-bond donors (Lipinski definition) is 2. The summed E-state index contributed by atoms with van der Waals surface area (Å²) in [6.07, 6.45) is 8.43. The Kier molecular flexibility index (Phi) is 4.90. The zero-order valence-electron chi connectivity index (χ0n) is 10.0. The minimum atomic E-state index is 0.240. The molecule has 0 amide bonds. The predicted octanol–water partition coefficient (Wildman–Crippen LogP) is 2.30. The van der Waals surface area contributed by atoms with Crippen LogP contribution in [-0.4, -0.2) is 25.2 Å². The summed E-state index contributed by atoms with van der Waals surface area (Å²) in [4.78, 5) is 0. The third-order valence-corrected chi connectivity index (χ3v) is 3.07. The monoisotopic (exact) mass is 198 g/mol. The molecule has 1 aliphatic carbocycles. The van der Waals surface area contributed by atoms with Crippen molar-refractivity contribution in [1.82, 2.24) is 10.6 Å². The molecule has 0 spiro atoms. The SMILES string of the molecule is CNCC(C)(C)NC1CCCCCC1. The summed E-state index contributed by atoms with van der Waals surface area (Å²) in [6.45, 7) is 5.62. The average Bonchev–Trinajstić information content (AvgIpc) is 2.31. The molecule has 0 aromatic rings. The molecule has 1 saturated carbocycles. The molecular formula is C12H26N2. The highest BCUT2D eigenvalue weighted by atomic mass is 15.0. The fourth-order valence-electron chi connectivity index (χ4n) is 2.47. The Hall–Kier alpha value is -0.0800. The topological polar surface area (TPSA) is 24.1 Å². The quantitative estimate of drug-likeness (QED) is 0.677. The van der Waals surface area contributed by atoms with E-state index in [9.17, 15) is 0 Å². The Balaban J connectivity index is 2.33. The fraction of sp³-hybridized carbons (Fsp3) is 1.00. The molecule has 0 aromatic heterocycles. The Morgan fingerprint density at radius 2 is 1.64 bits per heavy atom. The van der Waals surface area contributed by atoms with Crippen LogP contribution in [0.2, 0.25) is 0 Å². The minimum Gasteiger partial charge on any atom is -0.318 e. The first kappa shape index (κ1) is 12.0. The summed E-state index contributed by atoms with van der Waals surface area (Å²) >= 11 is 0. The summed E-state index contributed by atoms with van der Waals surface area (Å²) in [5.74, 6) is 0. The summed E-state index contributed by atoms with van der Waals surface area (Å²) < 4.78 is 0. The van der Waals surface area contributed by atoms with Crippen LogP contribution < -0.4 is 10.6 Å². The van der Waals surface area contributed by atoms with Gasteiger partial charge < -0.3 is 10.6 Å². The molecule has 0 atom stereocenters. The van der Waals surface area contributed by atoms with Gasteiger partial charge in [-0.3, -0.25) is 0 Å². The first-order chi connectivity index (χ1) is 6.64. The Labute approximate surface area is 88.8 Å². The van der Waals surface area contributed by atoms with Crippen LogP contribution in [0.1, 0.15) is 52.4 Å². The van der Waals surface area contributed by atoms with E-state index in [0.29, 0.717) is 0 Å². The van der Waals surface area contributed by atoms with Crippen molar-refractivity contribution in [3.05, 3.63) is 0 Å². The highest BCUT2D eigenvalue weighted by molar-refractivity contribution is 4.84. The van der Waals surface area contributed by atoms with Crippen molar-refractivity contribution < 1.29 is 0 Å². The molecule has 0 unspecified atom stereocenters. The zero-order valence-corrected chi connectivity index (χ0v) is 10.0. The molecule has 0 saturated heterocycles. The van der Waals surface area contributed by atoms with Crippen LogP contribution in [0.15, 0.2) is 0 Å². The van der Waals surface area contributed by atoms with Crippen molar-refractivity contribution in [3.63, 3.8) is 0 Å². The van der Waals surface area contributed by atoms with Crippen LogP contribution in [-0.2, 0) is 0 Å². The van der Waals surface area contributed by atoms with E-state index in [-0.39, 0.29) is 5.54 Å². The smallest absolute Gasteiger partial charge is 0.0252 e. The Bertz CT molecular complexity index is 146. The van der Waals surface area contributed by atoms with E-state index < -0.39 is 0 Å². The summed E-state index contributed by atoms with van der Waals surface area (Å²) in [7, 11) is 2.02. The second-order valence-electron chi connectivity index (χ2n) is 5.25. The van der Waals surface area contributed by atoms with Crippen LogP contribution in [0, 0.1) is 0 Å². The van der Waals surface area contributed by atoms with Crippen LogP contribution >= 0.6 is 0 Å². The maximum Gasteiger partial charge on any atom is 0.0252 e. The summed E-state index contributed by atoms with van der Waals surface area (Å²) in [5, 5.41) is 7.02. The van der Waals surface area contributed by atoms with E-state index in [0.717, 1.165) is 12.6 Å². The molecule has 0 aliphatic heterocycles. The van der Waals surface area contributed by atoms with Gasteiger partial charge in [-0.1, -0.05) is 25.7 Å². The van der Waals surface area contributed by atoms with Crippen molar-refractivity contribution >= 4 is 0 Å². The van der Waals surface area contributed by atoms with Gasteiger partial charge in [-0.15, -0.1) is 0 Å². The molecule has 84 valence electrons. The van der Waals surface area contributed by atoms with Crippen LogP contribution in [0.3, 0.4) is 0 Å². The van der Waals surface area contributed by atoms with Gasteiger partial charge in [0.05, 0.1) is 0 Å². The average molecular weight is 198 g/mol. The van der Waals surface area contributed by atoms with Gasteiger partial charge in [0.25, 0.3) is 0 Å². The predicted molar refractivity (Wildman–Crippen MR) is 62.6 cm³/mol. The molecule has 1 fully saturated rings. The molecule has 0 bridgehead atoms. The molecule has 0 radical (unpaired) electrons. The molecule has 1 rings (SSSR count). The Morgan fingerprint density at radius 1 is 1.07 bits per heavy atom. The molecule has 0 heterocycles. The standard InChI is InChI=1S/C12H26N2/c1-12(2,10-13-3)14-11-8-6-4-5-7-9-11/h11,13-14H,4-10H2,1-3H3. The normalized spacial score (nSPS) is 20.8. The van der Waals surface area contributed by atoms with Gasteiger partial charge in [0.15, 0.2) is 0 Å².